The monoisotopic (exact) mass is 1140 g/mol. The van der Waals surface area contributed by atoms with Gasteiger partial charge in [0.05, 0.1) is 34.0 Å². The van der Waals surface area contributed by atoms with Gasteiger partial charge in [-0.1, -0.05) is 13.3 Å². The highest BCUT2D eigenvalue weighted by Crippen LogP contribution is 2.49. The maximum atomic E-state index is 14.2. The number of H-pyrrole nitrogens is 1. The summed E-state index contributed by atoms with van der Waals surface area (Å²) in [6.07, 6.45) is 17.2. The summed E-state index contributed by atoms with van der Waals surface area (Å²) >= 11 is 0. The molecule has 0 spiro atoms. The Hall–Kier alpha value is -8.18. The fraction of sp³-hybridized carbons (Fsp3) is 0.441. The first kappa shape index (κ1) is 56.0. The van der Waals surface area contributed by atoms with E-state index in [9.17, 15) is 24.3 Å². The van der Waals surface area contributed by atoms with Gasteiger partial charge in [0.1, 0.15) is 30.4 Å². The molecule has 0 radical (unpaired) electrons. The van der Waals surface area contributed by atoms with Crippen molar-refractivity contribution < 1.29 is 24.2 Å². The molecule has 10 heterocycles. The highest BCUT2D eigenvalue weighted by Gasteiger charge is 2.36. The third-order valence-corrected chi connectivity index (χ3v) is 18.5. The molecule has 1 saturated heterocycles. The van der Waals surface area contributed by atoms with Crippen molar-refractivity contribution in [2.45, 2.75) is 130 Å². The van der Waals surface area contributed by atoms with Crippen LogP contribution < -0.4 is 45.9 Å². The van der Waals surface area contributed by atoms with Gasteiger partial charge in [0.15, 0.2) is 5.65 Å². The average Bonchev–Trinajstić information content (AvgIpc) is 1.35. The van der Waals surface area contributed by atoms with Gasteiger partial charge in [-0.15, -0.1) is 0 Å². The van der Waals surface area contributed by atoms with Gasteiger partial charge in [-0.25, -0.2) is 24.0 Å². The molecular formula is C68H78N11O6+. The van der Waals surface area contributed by atoms with Crippen LogP contribution in [0.3, 0.4) is 0 Å². The lowest BCUT2D eigenvalue weighted by atomic mass is 9.82. The number of aromatic amines is 1. The SMILES string of the molecule is CCCc1cc(C)[nH]c(=O)c1CNC(=O)c1cc(-c2ccc(N3CCN(CCCCNC(=O)c4ccc(C(=O)O)c(C5=c6cc7c8c(c6Oc6c5cc5c9c6CCCN9CCCC5)CCC[N+]=8CCCC7)c4)CC3)nc2)nc2c1cnn2C(C)C. The number of anilines is 2. The van der Waals surface area contributed by atoms with E-state index in [1.165, 1.54) is 33.3 Å². The van der Waals surface area contributed by atoms with Gasteiger partial charge >= 0.3 is 5.97 Å². The van der Waals surface area contributed by atoms with Crippen LogP contribution in [0.15, 0.2) is 71.8 Å². The second kappa shape index (κ2) is 23.7. The van der Waals surface area contributed by atoms with Gasteiger partial charge in [0.25, 0.3) is 17.4 Å². The molecule has 0 bridgehead atoms. The number of carboxylic acid groups (broad SMARTS) is 1. The topological polar surface area (TPSA) is 194 Å². The van der Waals surface area contributed by atoms with Gasteiger partial charge in [-0.3, -0.25) is 19.3 Å². The Kier molecular flexibility index (Phi) is 15.6. The average molecular weight is 1150 g/mol. The number of ether oxygens (including phenoxy) is 1. The number of hydrogen-bond acceptors (Lipinski definition) is 11. The lowest BCUT2D eigenvalue weighted by Gasteiger charge is -2.35. The molecule has 1 fully saturated rings. The summed E-state index contributed by atoms with van der Waals surface area (Å²) in [4.78, 5) is 74.7. The highest BCUT2D eigenvalue weighted by molar-refractivity contribution is 6.07. The molecule has 17 heteroatoms. The molecule has 4 N–H and O–H groups in total. The van der Waals surface area contributed by atoms with Crippen LogP contribution in [-0.4, -0.2) is 118 Å². The van der Waals surface area contributed by atoms with Crippen molar-refractivity contribution in [2.75, 3.05) is 75.2 Å². The van der Waals surface area contributed by atoms with E-state index in [0.717, 1.165) is 199 Å². The number of nitrogens with zero attached hydrogens (tertiary/aromatic N) is 8. The van der Waals surface area contributed by atoms with Crippen molar-refractivity contribution in [1.82, 2.24) is 44.8 Å². The first-order chi connectivity index (χ1) is 41.4. The molecule has 0 atom stereocenters. The van der Waals surface area contributed by atoms with Gasteiger partial charge in [0, 0.05) is 133 Å². The molecule has 2 amide bonds. The molecule has 0 saturated carbocycles. The van der Waals surface area contributed by atoms with E-state index in [-0.39, 0.29) is 35.5 Å². The van der Waals surface area contributed by atoms with Crippen molar-refractivity contribution in [2.24, 2.45) is 0 Å². The number of carboxylic acids is 1. The van der Waals surface area contributed by atoms with Crippen molar-refractivity contribution in [1.29, 1.82) is 0 Å². The highest BCUT2D eigenvalue weighted by atomic mass is 16.5. The molecule has 4 aromatic heterocycles. The molecule has 440 valence electrons. The van der Waals surface area contributed by atoms with E-state index in [2.05, 4.69) is 59.0 Å². The third-order valence-electron chi connectivity index (χ3n) is 18.5. The second-order valence-corrected chi connectivity index (χ2v) is 24.5. The Morgan fingerprint density at radius 2 is 1.59 bits per heavy atom. The minimum absolute atomic E-state index is 0.00880. The minimum Gasteiger partial charge on any atom is -0.478 e. The summed E-state index contributed by atoms with van der Waals surface area (Å²) in [5, 5.41) is 24.7. The Bertz CT molecular complexity index is 4010. The minimum atomic E-state index is -1.02. The van der Waals surface area contributed by atoms with Crippen molar-refractivity contribution in [3.63, 3.8) is 0 Å². The maximum absolute atomic E-state index is 14.2. The van der Waals surface area contributed by atoms with Gasteiger partial charge in [-0.05, 0) is 169 Å². The summed E-state index contributed by atoms with van der Waals surface area (Å²) in [6.45, 7) is 17.0. The summed E-state index contributed by atoms with van der Waals surface area (Å²) in [5.74, 6) is 1.06. The zero-order chi connectivity index (χ0) is 58.5. The number of carbonyl (C=O) groups is 3. The molecule has 0 aliphatic carbocycles. The first-order valence-corrected chi connectivity index (χ1v) is 31.3. The number of nitrogens with one attached hydrogen (secondary N) is 3. The summed E-state index contributed by atoms with van der Waals surface area (Å²) in [5.41, 5.74) is 14.0. The molecule has 0 unspecified atom stereocenters. The molecular weight excluding hydrogens is 1070 g/mol. The number of carbonyl (C=O) groups excluding carboxylic acids is 2. The van der Waals surface area contributed by atoms with Crippen LogP contribution >= 0.6 is 0 Å². The second-order valence-electron chi connectivity index (χ2n) is 24.5. The Morgan fingerprint density at radius 1 is 0.776 bits per heavy atom. The van der Waals surface area contributed by atoms with E-state index >= 15 is 0 Å². The number of aromatic nitrogens is 5. The summed E-state index contributed by atoms with van der Waals surface area (Å²) in [6, 6.07) is 17.5. The number of hydrogen-bond donors (Lipinski definition) is 4. The number of fused-ring (bicyclic) bond motifs is 5. The molecule has 13 rings (SSSR count). The van der Waals surface area contributed by atoms with Crippen molar-refractivity contribution in [3.05, 3.63) is 155 Å². The van der Waals surface area contributed by atoms with E-state index in [0.29, 0.717) is 45.5 Å². The van der Waals surface area contributed by atoms with Crippen LogP contribution in [0.2, 0.25) is 0 Å². The molecule has 6 aliphatic rings. The van der Waals surface area contributed by atoms with Crippen molar-refractivity contribution >= 4 is 45.9 Å². The smallest absolute Gasteiger partial charge is 0.336 e. The van der Waals surface area contributed by atoms with Gasteiger partial charge in [0.2, 0.25) is 5.36 Å². The number of rotatable bonds is 16. The normalized spacial score (nSPS) is 16.5. The Labute approximate surface area is 495 Å². The quantitative estimate of drug-likeness (QED) is 0.0536. The van der Waals surface area contributed by atoms with Crippen LogP contribution in [0, 0.1) is 6.92 Å². The number of amides is 2. The molecule has 85 heavy (non-hydrogen) atoms. The van der Waals surface area contributed by atoms with Gasteiger partial charge < -0.3 is 35.3 Å². The van der Waals surface area contributed by atoms with E-state index in [4.69, 9.17) is 14.7 Å². The van der Waals surface area contributed by atoms with E-state index in [1.807, 2.05) is 55.9 Å². The van der Waals surface area contributed by atoms with E-state index < -0.39 is 5.97 Å². The zero-order valence-electron chi connectivity index (χ0n) is 49.7. The molecule has 17 nitrogen and oxygen atoms in total. The fourth-order valence-corrected chi connectivity index (χ4v) is 14.4. The Balaban J connectivity index is 0.675. The Morgan fingerprint density at radius 3 is 2.40 bits per heavy atom. The largest absolute Gasteiger partial charge is 0.478 e. The fourth-order valence-electron chi connectivity index (χ4n) is 14.4. The van der Waals surface area contributed by atoms with Gasteiger partial charge in [-0.2, -0.15) is 5.10 Å². The lowest BCUT2D eigenvalue weighted by molar-refractivity contribution is 0.0695. The number of pyridine rings is 3. The van der Waals surface area contributed by atoms with Crippen LogP contribution in [-0.2, 0) is 38.6 Å². The third kappa shape index (κ3) is 10.8. The van der Waals surface area contributed by atoms with Crippen molar-refractivity contribution in [3.8, 4) is 22.8 Å². The maximum Gasteiger partial charge on any atom is 0.336 e. The van der Waals surface area contributed by atoms with Crippen LogP contribution in [0.4, 0.5) is 11.5 Å². The van der Waals surface area contributed by atoms with Crippen LogP contribution in [0.5, 0.6) is 11.5 Å². The number of aryl methyl sites for hydroxylation is 4. The number of unbranched alkanes of at least 4 members (excludes halogenated alkanes) is 1. The molecule has 3 aromatic carbocycles. The molecule has 7 aromatic rings. The number of benzene rings is 3. The zero-order valence-corrected chi connectivity index (χ0v) is 49.7. The first-order valence-electron chi connectivity index (χ1n) is 31.3. The number of aromatic carboxylic acids is 1. The molecule has 6 aliphatic heterocycles. The summed E-state index contributed by atoms with van der Waals surface area (Å²) < 4.78 is 11.7. The predicted octanol–water partition coefficient (Wildman–Crippen LogP) is 8.20. The number of piperazine rings is 1. The predicted molar refractivity (Wildman–Crippen MR) is 331 cm³/mol. The van der Waals surface area contributed by atoms with E-state index in [1.54, 1.807) is 24.4 Å². The standard InChI is InChI=1S/C68H77N11O6/c1-5-14-43-33-42(4)73-67(82)55(43)39-71-66(81)52-37-57(74-64-56(52)40-72-79(64)41(2)3)47-20-22-58(70-38-47)76-31-29-75(30-32-76)24-11-8-23-69-65(80)46-19-21-48(68(83)84)51(36-46)59-53-34-44-15-6-9-25-77-27-12-17-49(60(44)77)62(53)85-63-50-18-13-28-78-26-10-7-16-45(61(50)78)35-54(59)63/h19-22,33-38,40-41H,5-18,23-32,39H2,1-4H3,(H3-,69,71,73,80,81,82,83,84)/p+1. The summed E-state index contributed by atoms with van der Waals surface area (Å²) in [7, 11) is 0. The van der Waals surface area contributed by atoms with Crippen LogP contribution in [0.1, 0.15) is 166 Å². The lowest BCUT2D eigenvalue weighted by Crippen LogP contribution is -2.47. The van der Waals surface area contributed by atoms with Crippen LogP contribution in [0.25, 0.3) is 27.9 Å².